The first-order valence-corrected chi connectivity index (χ1v) is 4.56. The molecule has 0 heterocycles. The number of benzene rings is 1. The first-order chi connectivity index (χ1) is 7.24. The van der Waals surface area contributed by atoms with Crippen molar-refractivity contribution in [3.05, 3.63) is 34.8 Å². The lowest BCUT2D eigenvalue weighted by molar-refractivity contribution is 0.368. The molecule has 0 N–H and O–H groups in total. The Balaban J connectivity index is 0.000000385. The second kappa shape index (κ2) is 6.11. The van der Waals surface area contributed by atoms with Crippen molar-refractivity contribution < 1.29 is 17.3 Å². The Labute approximate surface area is 91.0 Å². The van der Waals surface area contributed by atoms with Crippen molar-refractivity contribution in [3.63, 3.8) is 0 Å². The van der Waals surface area contributed by atoms with Crippen molar-refractivity contribution in [2.45, 2.75) is 19.8 Å². The lowest BCUT2D eigenvalue weighted by Gasteiger charge is -2.00. The van der Waals surface area contributed by atoms with E-state index >= 15 is 0 Å². The largest absolute Gasteiger partial charge is 0.673 e. The smallest absolute Gasteiger partial charge is 0.418 e. The van der Waals surface area contributed by atoms with Crippen LogP contribution in [0.2, 0.25) is 0 Å². The minimum atomic E-state index is -6.00. The summed E-state index contributed by atoms with van der Waals surface area (Å²) in [7, 11) is -6.00. The standard InChI is InChI=1S/C9H11N2.BF4/c1-7(2)8-4-3-5-9(6-8)11-10;2-1(3,4)5/h3-7H,1-2H3;/q+1;-1. The van der Waals surface area contributed by atoms with Crippen LogP contribution in [-0.2, 0) is 0 Å². The van der Waals surface area contributed by atoms with Gasteiger partial charge in [-0.05, 0) is 11.5 Å². The monoisotopic (exact) mass is 234 g/mol. The van der Waals surface area contributed by atoms with Crippen LogP contribution in [0.5, 0.6) is 0 Å². The van der Waals surface area contributed by atoms with Gasteiger partial charge in [-0.3, -0.25) is 0 Å². The predicted octanol–water partition coefficient (Wildman–Crippen LogP) is 4.59. The Morgan fingerprint density at radius 1 is 1.19 bits per heavy atom. The Hall–Kier alpha value is -1.58. The summed E-state index contributed by atoms with van der Waals surface area (Å²) in [6.45, 7) is 4.22. The molecule has 0 saturated carbocycles. The van der Waals surface area contributed by atoms with E-state index in [0.717, 1.165) is 0 Å². The van der Waals surface area contributed by atoms with Crippen LogP contribution >= 0.6 is 0 Å². The van der Waals surface area contributed by atoms with Gasteiger partial charge in [0, 0.05) is 12.1 Å². The second-order valence-corrected chi connectivity index (χ2v) is 3.34. The van der Waals surface area contributed by atoms with Crippen molar-refractivity contribution in [1.29, 1.82) is 5.39 Å². The highest BCUT2D eigenvalue weighted by Gasteiger charge is 2.20. The molecule has 0 aliphatic carbocycles. The summed E-state index contributed by atoms with van der Waals surface area (Å²) in [5.74, 6) is 0.483. The molecule has 2 nitrogen and oxygen atoms in total. The van der Waals surface area contributed by atoms with E-state index in [0.29, 0.717) is 11.6 Å². The van der Waals surface area contributed by atoms with Crippen LogP contribution < -0.4 is 0 Å². The van der Waals surface area contributed by atoms with Crippen molar-refractivity contribution in [2.75, 3.05) is 0 Å². The molecule has 0 aliphatic heterocycles. The highest BCUT2D eigenvalue weighted by molar-refractivity contribution is 6.50. The molecule has 0 amide bonds. The SMILES string of the molecule is CC(C)c1cccc([N+]#N)c1.F[B-](F)(F)F. The highest BCUT2D eigenvalue weighted by Crippen LogP contribution is 2.19. The maximum Gasteiger partial charge on any atom is 0.673 e. The Kier molecular flexibility index (Phi) is 5.50. The Morgan fingerprint density at radius 3 is 2.06 bits per heavy atom. The van der Waals surface area contributed by atoms with Gasteiger partial charge in [-0.2, -0.15) is 0 Å². The molecule has 7 heteroatoms. The minimum absolute atomic E-state index is 0.483. The van der Waals surface area contributed by atoms with Gasteiger partial charge >= 0.3 is 12.9 Å². The third-order valence-corrected chi connectivity index (χ3v) is 1.65. The van der Waals surface area contributed by atoms with Gasteiger partial charge in [-0.15, -0.1) is 0 Å². The Morgan fingerprint density at radius 2 is 1.69 bits per heavy atom. The van der Waals surface area contributed by atoms with Crippen molar-refractivity contribution in [1.82, 2.24) is 0 Å². The summed E-state index contributed by atoms with van der Waals surface area (Å²) < 4.78 is 39.0. The maximum absolute atomic E-state index is 9.75. The quantitative estimate of drug-likeness (QED) is 0.396. The third kappa shape index (κ3) is 7.79. The molecule has 0 bridgehead atoms. The molecular weight excluding hydrogens is 223 g/mol. The number of diazo groups is 1. The van der Waals surface area contributed by atoms with Gasteiger partial charge in [0.05, 0.1) is 0 Å². The fraction of sp³-hybridized carbons (Fsp3) is 0.333. The number of hydrogen-bond acceptors (Lipinski definition) is 1. The minimum Gasteiger partial charge on any atom is -0.418 e. The summed E-state index contributed by atoms with van der Waals surface area (Å²) in [5, 5.41) is 8.47. The summed E-state index contributed by atoms with van der Waals surface area (Å²) in [5.41, 5.74) is 1.82. The first kappa shape index (κ1) is 14.4. The number of rotatable bonds is 1. The van der Waals surface area contributed by atoms with E-state index in [1.807, 2.05) is 18.2 Å². The average molecular weight is 234 g/mol. The highest BCUT2D eigenvalue weighted by atomic mass is 19.5. The van der Waals surface area contributed by atoms with Gasteiger partial charge in [0.15, 0.2) is 4.98 Å². The van der Waals surface area contributed by atoms with Crippen LogP contribution in [0.1, 0.15) is 25.3 Å². The zero-order chi connectivity index (χ0) is 12.8. The summed E-state index contributed by atoms with van der Waals surface area (Å²) in [4.78, 5) is 3.11. The van der Waals surface area contributed by atoms with Gasteiger partial charge in [0.1, 0.15) is 0 Å². The fourth-order valence-electron chi connectivity index (χ4n) is 0.946. The molecule has 1 rings (SSSR count). The molecule has 0 aliphatic rings. The van der Waals surface area contributed by atoms with Gasteiger partial charge < -0.3 is 17.3 Å². The number of hydrogen-bond donors (Lipinski definition) is 0. The van der Waals surface area contributed by atoms with E-state index in [2.05, 4.69) is 18.8 Å². The molecule has 0 unspecified atom stereocenters. The lowest BCUT2D eigenvalue weighted by atomic mass is 10.0. The van der Waals surface area contributed by atoms with Gasteiger partial charge in [0.2, 0.25) is 5.39 Å². The van der Waals surface area contributed by atoms with E-state index < -0.39 is 7.25 Å². The van der Waals surface area contributed by atoms with Crippen LogP contribution in [0.15, 0.2) is 24.3 Å². The molecule has 0 saturated heterocycles. The predicted molar refractivity (Wildman–Crippen MR) is 55.5 cm³/mol. The van der Waals surface area contributed by atoms with Gasteiger partial charge in [0.25, 0.3) is 0 Å². The zero-order valence-corrected chi connectivity index (χ0v) is 8.87. The molecule has 0 spiro atoms. The Bertz CT molecular complexity index is 365. The molecule has 16 heavy (non-hydrogen) atoms. The molecule has 1 aromatic rings. The van der Waals surface area contributed by atoms with Crippen LogP contribution in [-0.4, -0.2) is 7.25 Å². The van der Waals surface area contributed by atoms with Crippen LogP contribution in [0, 0.1) is 5.39 Å². The fourth-order valence-corrected chi connectivity index (χ4v) is 0.946. The number of nitrogens with zero attached hydrogens (tertiary/aromatic N) is 2. The van der Waals surface area contributed by atoms with Crippen molar-refractivity contribution in [3.8, 4) is 0 Å². The van der Waals surface area contributed by atoms with Crippen LogP contribution in [0.25, 0.3) is 4.98 Å². The van der Waals surface area contributed by atoms with E-state index in [1.54, 1.807) is 6.07 Å². The summed E-state index contributed by atoms with van der Waals surface area (Å²) >= 11 is 0. The van der Waals surface area contributed by atoms with E-state index in [1.165, 1.54) is 5.56 Å². The molecule has 0 atom stereocenters. The molecule has 0 aromatic heterocycles. The normalized spacial score (nSPS) is 10.4. The van der Waals surface area contributed by atoms with E-state index in [9.17, 15) is 17.3 Å². The molecular formula is C9H11BF4N2. The second-order valence-electron chi connectivity index (χ2n) is 3.34. The van der Waals surface area contributed by atoms with Crippen LogP contribution in [0.4, 0.5) is 23.0 Å². The summed E-state index contributed by atoms with van der Waals surface area (Å²) in [6, 6.07) is 7.57. The maximum atomic E-state index is 9.75. The van der Waals surface area contributed by atoms with Crippen molar-refractivity contribution in [2.24, 2.45) is 0 Å². The average Bonchev–Trinajstić information content (AvgIpc) is 2.15. The van der Waals surface area contributed by atoms with Crippen LogP contribution in [0.3, 0.4) is 0 Å². The molecule has 0 radical (unpaired) electrons. The molecule has 88 valence electrons. The van der Waals surface area contributed by atoms with Crippen molar-refractivity contribution >= 4 is 12.9 Å². The third-order valence-electron chi connectivity index (χ3n) is 1.65. The van der Waals surface area contributed by atoms with E-state index in [-0.39, 0.29) is 0 Å². The number of halogens is 4. The first-order valence-electron chi connectivity index (χ1n) is 4.56. The van der Waals surface area contributed by atoms with E-state index in [4.69, 9.17) is 5.39 Å². The lowest BCUT2D eigenvalue weighted by Crippen LogP contribution is -2.02. The topological polar surface area (TPSA) is 28.1 Å². The van der Waals surface area contributed by atoms with Gasteiger partial charge in [-0.1, -0.05) is 26.0 Å². The molecule has 1 aromatic carbocycles. The summed E-state index contributed by atoms with van der Waals surface area (Å²) in [6.07, 6.45) is 0. The zero-order valence-electron chi connectivity index (χ0n) is 8.87. The van der Waals surface area contributed by atoms with Gasteiger partial charge in [-0.25, -0.2) is 0 Å². The molecule has 0 fully saturated rings.